The van der Waals surface area contributed by atoms with Crippen LogP contribution in [0, 0.1) is 24.7 Å². The van der Waals surface area contributed by atoms with E-state index < -0.39 is 0 Å². The maximum absolute atomic E-state index is 13.5. The number of hydrogen-bond acceptors (Lipinski definition) is 3. The van der Waals surface area contributed by atoms with Gasteiger partial charge in [0.1, 0.15) is 5.82 Å². The van der Waals surface area contributed by atoms with Gasteiger partial charge in [-0.1, -0.05) is 19.1 Å². The highest BCUT2D eigenvalue weighted by molar-refractivity contribution is 5.81. The second-order valence-electron chi connectivity index (χ2n) is 8.40. The van der Waals surface area contributed by atoms with Gasteiger partial charge >= 0.3 is 0 Å². The normalized spacial score (nSPS) is 22.5. The fourth-order valence-electron chi connectivity index (χ4n) is 4.62. The number of rotatable bonds is 3. The Morgan fingerprint density at radius 1 is 1.07 bits per heavy atom. The zero-order valence-electron chi connectivity index (χ0n) is 16.7. The van der Waals surface area contributed by atoms with Gasteiger partial charge in [0.15, 0.2) is 0 Å². The highest BCUT2D eigenvalue weighted by Gasteiger charge is 2.37. The molecule has 1 aliphatic carbocycles. The highest BCUT2D eigenvalue weighted by atomic mass is 16.1. The molecular weight excluding hydrogens is 348 g/mol. The van der Waals surface area contributed by atoms with Crippen LogP contribution >= 0.6 is 0 Å². The quantitative estimate of drug-likeness (QED) is 0.698. The fourth-order valence-corrected chi connectivity index (χ4v) is 4.62. The van der Waals surface area contributed by atoms with Crippen LogP contribution in [0.25, 0.3) is 22.4 Å². The Kier molecular flexibility index (Phi) is 3.93. The van der Waals surface area contributed by atoms with Crippen LogP contribution in [0.15, 0.2) is 53.5 Å². The Hall–Kier alpha value is -2.82. The van der Waals surface area contributed by atoms with Gasteiger partial charge in [-0.15, -0.1) is 0 Å². The molecule has 0 bridgehead atoms. The van der Waals surface area contributed by atoms with Crippen molar-refractivity contribution in [1.29, 1.82) is 0 Å². The molecule has 0 radical (unpaired) electrons. The number of nitrogens with zero attached hydrogens (tertiary/aromatic N) is 4. The van der Waals surface area contributed by atoms with E-state index in [1.54, 1.807) is 0 Å². The Morgan fingerprint density at radius 3 is 2.57 bits per heavy atom. The van der Waals surface area contributed by atoms with Gasteiger partial charge in [-0.05, 0) is 67.9 Å². The minimum atomic E-state index is 0.0263. The monoisotopic (exact) mass is 374 g/mol. The third-order valence-electron chi connectivity index (χ3n) is 6.23. The number of para-hydroxylation sites is 1. The van der Waals surface area contributed by atoms with E-state index in [2.05, 4.69) is 29.9 Å². The number of benzene rings is 1. The van der Waals surface area contributed by atoms with Crippen molar-refractivity contribution in [2.24, 2.45) is 17.8 Å². The maximum Gasteiger partial charge on any atom is 0.280 e. The number of aromatic nitrogens is 3. The number of hydrogen-bond donors (Lipinski definition) is 0. The molecule has 2 aromatic heterocycles. The minimum absolute atomic E-state index is 0.0263. The molecule has 0 amide bonds. The van der Waals surface area contributed by atoms with Crippen molar-refractivity contribution in [3.63, 3.8) is 0 Å². The topological polar surface area (TPSA) is 43.1 Å². The number of aryl methyl sites for hydroxylation is 1. The van der Waals surface area contributed by atoms with E-state index in [1.165, 1.54) is 12.8 Å². The standard InChI is InChI=1S/C23H26N4O/c1-15-14-25(3)22(12-20(15)17-9-10-17)27-23(28)19-6-4-5-7-21(19)26(27)18-11-8-16(2)24-13-18/h4-8,11-13,15,17,20H,9-10,14H2,1-3H3. The first-order chi connectivity index (χ1) is 13.5. The molecule has 1 saturated carbocycles. The molecule has 2 atom stereocenters. The molecule has 1 aromatic carbocycles. The first-order valence-electron chi connectivity index (χ1n) is 10.1. The molecule has 2 unspecified atom stereocenters. The molecular formula is C23H26N4O. The summed E-state index contributed by atoms with van der Waals surface area (Å²) in [4.78, 5) is 20.2. The van der Waals surface area contributed by atoms with E-state index in [1.807, 2.05) is 58.9 Å². The fraction of sp³-hybridized carbons (Fsp3) is 0.391. The second kappa shape index (κ2) is 6.36. The van der Waals surface area contributed by atoms with Crippen LogP contribution in [-0.2, 0) is 0 Å². The summed E-state index contributed by atoms with van der Waals surface area (Å²) in [7, 11) is 2.09. The molecule has 1 aliphatic heterocycles. The third kappa shape index (κ3) is 2.68. The Morgan fingerprint density at radius 2 is 1.86 bits per heavy atom. The molecule has 5 rings (SSSR count). The van der Waals surface area contributed by atoms with Gasteiger partial charge in [0, 0.05) is 19.3 Å². The molecule has 0 saturated heterocycles. The van der Waals surface area contributed by atoms with Crippen molar-refractivity contribution in [1.82, 2.24) is 19.2 Å². The van der Waals surface area contributed by atoms with Crippen molar-refractivity contribution < 1.29 is 0 Å². The van der Waals surface area contributed by atoms with E-state index in [0.717, 1.165) is 40.6 Å². The maximum atomic E-state index is 13.5. The summed E-state index contributed by atoms with van der Waals surface area (Å²) < 4.78 is 3.87. The van der Waals surface area contributed by atoms with Crippen molar-refractivity contribution in [3.8, 4) is 5.69 Å². The summed E-state index contributed by atoms with van der Waals surface area (Å²) in [5.74, 6) is 2.90. The molecule has 5 heteroatoms. The lowest BCUT2D eigenvalue weighted by Crippen LogP contribution is -2.38. The van der Waals surface area contributed by atoms with Crippen molar-refractivity contribution in [2.45, 2.75) is 26.7 Å². The largest absolute Gasteiger partial charge is 0.360 e. The molecule has 5 nitrogen and oxygen atoms in total. The summed E-state index contributed by atoms with van der Waals surface area (Å²) in [6.45, 7) is 5.27. The van der Waals surface area contributed by atoms with Gasteiger partial charge in [0.25, 0.3) is 5.56 Å². The summed E-state index contributed by atoms with van der Waals surface area (Å²) >= 11 is 0. The van der Waals surface area contributed by atoms with E-state index in [-0.39, 0.29) is 5.56 Å². The van der Waals surface area contributed by atoms with Crippen LogP contribution in [0.2, 0.25) is 0 Å². The van der Waals surface area contributed by atoms with Gasteiger partial charge in [0.2, 0.25) is 0 Å². The van der Waals surface area contributed by atoms with Crippen LogP contribution in [0.1, 0.15) is 25.5 Å². The molecule has 3 aromatic rings. The van der Waals surface area contributed by atoms with Gasteiger partial charge in [-0.2, -0.15) is 4.68 Å². The molecule has 1 fully saturated rings. The average molecular weight is 374 g/mol. The lowest BCUT2D eigenvalue weighted by molar-refractivity contribution is 0.267. The number of fused-ring (bicyclic) bond motifs is 1. The van der Waals surface area contributed by atoms with Crippen LogP contribution in [0.3, 0.4) is 0 Å². The van der Waals surface area contributed by atoms with Crippen LogP contribution in [0.4, 0.5) is 0 Å². The second-order valence-corrected chi connectivity index (χ2v) is 8.40. The average Bonchev–Trinajstić information content (AvgIpc) is 3.48. The molecule has 0 spiro atoms. The van der Waals surface area contributed by atoms with Crippen molar-refractivity contribution in [3.05, 3.63) is 64.7 Å². The molecule has 28 heavy (non-hydrogen) atoms. The summed E-state index contributed by atoms with van der Waals surface area (Å²) in [5, 5.41) is 0.735. The van der Waals surface area contributed by atoms with Crippen LogP contribution < -0.4 is 5.56 Å². The SMILES string of the molecule is Cc1ccc(-n2c3ccccc3c(=O)n2C2=CC(C3CC3)C(C)CN2C)cn1. The van der Waals surface area contributed by atoms with Crippen LogP contribution in [0.5, 0.6) is 0 Å². The van der Waals surface area contributed by atoms with E-state index >= 15 is 0 Å². The molecule has 144 valence electrons. The van der Waals surface area contributed by atoms with Gasteiger partial charge in [-0.3, -0.25) is 9.78 Å². The highest BCUT2D eigenvalue weighted by Crippen LogP contribution is 2.44. The van der Waals surface area contributed by atoms with Gasteiger partial charge < -0.3 is 4.90 Å². The van der Waals surface area contributed by atoms with E-state index in [0.29, 0.717) is 11.8 Å². The Labute approximate surface area is 164 Å². The lowest BCUT2D eigenvalue weighted by Gasteiger charge is -2.36. The minimum Gasteiger partial charge on any atom is -0.360 e. The predicted molar refractivity (Wildman–Crippen MR) is 112 cm³/mol. The number of pyridine rings is 1. The zero-order valence-corrected chi connectivity index (χ0v) is 16.7. The molecule has 2 aliphatic rings. The van der Waals surface area contributed by atoms with Crippen molar-refractivity contribution >= 4 is 16.7 Å². The van der Waals surface area contributed by atoms with Gasteiger partial charge in [0.05, 0.1) is 22.8 Å². The van der Waals surface area contributed by atoms with Crippen molar-refractivity contribution in [2.75, 3.05) is 13.6 Å². The lowest BCUT2D eigenvalue weighted by atomic mass is 9.86. The summed E-state index contributed by atoms with van der Waals surface area (Å²) in [6.07, 6.45) is 6.80. The predicted octanol–water partition coefficient (Wildman–Crippen LogP) is 3.90. The van der Waals surface area contributed by atoms with Crippen LogP contribution in [-0.4, -0.2) is 32.8 Å². The Balaban J connectivity index is 1.78. The van der Waals surface area contributed by atoms with E-state index in [9.17, 15) is 4.79 Å². The Bertz CT molecular complexity index is 1120. The first-order valence-corrected chi connectivity index (χ1v) is 10.1. The first kappa shape index (κ1) is 17.3. The van der Waals surface area contributed by atoms with Gasteiger partial charge in [-0.25, -0.2) is 4.68 Å². The third-order valence-corrected chi connectivity index (χ3v) is 6.23. The smallest absolute Gasteiger partial charge is 0.280 e. The molecule has 3 heterocycles. The zero-order chi connectivity index (χ0) is 19.4. The summed E-state index contributed by atoms with van der Waals surface area (Å²) in [6, 6.07) is 11.9. The number of allylic oxidation sites excluding steroid dienone is 1. The summed E-state index contributed by atoms with van der Waals surface area (Å²) in [5.41, 5.74) is 2.80. The molecule has 0 N–H and O–H groups in total. The van der Waals surface area contributed by atoms with E-state index in [4.69, 9.17) is 0 Å².